The fourth-order valence-electron chi connectivity index (χ4n) is 3.84. The molecule has 32 heavy (non-hydrogen) atoms. The zero-order valence-corrected chi connectivity index (χ0v) is 18.8. The Labute approximate surface area is 189 Å². The third-order valence-electron chi connectivity index (χ3n) is 5.66. The number of hydrogen-bond donors (Lipinski definition) is 2. The summed E-state index contributed by atoms with van der Waals surface area (Å²) in [5.74, 6) is -0.193. The zero-order valence-electron chi connectivity index (χ0n) is 18.8. The van der Waals surface area contributed by atoms with Gasteiger partial charge >= 0.3 is 0 Å². The minimum atomic E-state index is -0.252. The van der Waals surface area contributed by atoms with Gasteiger partial charge in [0, 0.05) is 49.9 Å². The molecule has 1 fully saturated rings. The number of nitrogens with one attached hydrogen (secondary N) is 2. The van der Waals surface area contributed by atoms with Crippen molar-refractivity contribution < 1.29 is 14.4 Å². The molecule has 2 aromatic rings. The average molecular weight is 437 g/mol. The summed E-state index contributed by atoms with van der Waals surface area (Å²) in [6, 6.07) is 16.6. The Morgan fingerprint density at radius 3 is 2.28 bits per heavy atom. The van der Waals surface area contributed by atoms with Crippen LogP contribution in [0.15, 0.2) is 54.6 Å². The molecule has 0 radical (unpaired) electrons. The number of aryl methyl sites for hydroxylation is 1. The highest BCUT2D eigenvalue weighted by molar-refractivity contribution is 5.94. The van der Waals surface area contributed by atoms with Crippen LogP contribution in [0.25, 0.3) is 0 Å². The van der Waals surface area contributed by atoms with Gasteiger partial charge in [0.1, 0.15) is 0 Å². The third-order valence-corrected chi connectivity index (χ3v) is 5.66. The largest absolute Gasteiger partial charge is 0.349 e. The summed E-state index contributed by atoms with van der Waals surface area (Å²) in [4.78, 5) is 41.2. The standard InChI is InChI=1S/C25H32N4O3/c1-3-20-9-7-8-12-22(20)27-23(30)18-28-13-15-29(16-14-28)24(31)17-19(2)26-25(32)21-10-5-4-6-11-21/h4-12,19H,3,13-18H2,1-2H3,(H,26,32)(H,27,30). The third kappa shape index (κ3) is 6.65. The Kier molecular flexibility index (Phi) is 8.39. The second-order valence-electron chi connectivity index (χ2n) is 8.16. The van der Waals surface area contributed by atoms with E-state index in [-0.39, 0.29) is 30.2 Å². The lowest BCUT2D eigenvalue weighted by atomic mass is 10.1. The van der Waals surface area contributed by atoms with Gasteiger partial charge in [0.25, 0.3) is 5.91 Å². The van der Waals surface area contributed by atoms with Crippen LogP contribution in [0.2, 0.25) is 0 Å². The van der Waals surface area contributed by atoms with Crippen molar-refractivity contribution in [3.05, 3.63) is 65.7 Å². The molecule has 170 valence electrons. The van der Waals surface area contributed by atoms with E-state index in [4.69, 9.17) is 0 Å². The van der Waals surface area contributed by atoms with Crippen molar-refractivity contribution in [3.63, 3.8) is 0 Å². The van der Waals surface area contributed by atoms with Crippen LogP contribution in [0, 0.1) is 0 Å². The first-order chi connectivity index (χ1) is 15.5. The summed E-state index contributed by atoms with van der Waals surface area (Å²) < 4.78 is 0. The van der Waals surface area contributed by atoms with Gasteiger partial charge in [0.05, 0.1) is 6.54 Å². The van der Waals surface area contributed by atoms with Gasteiger partial charge in [-0.25, -0.2) is 0 Å². The van der Waals surface area contributed by atoms with Gasteiger partial charge in [-0.3, -0.25) is 19.3 Å². The number of carbonyl (C=O) groups is 3. The van der Waals surface area contributed by atoms with Crippen molar-refractivity contribution in [2.24, 2.45) is 0 Å². The van der Waals surface area contributed by atoms with E-state index in [1.54, 1.807) is 12.1 Å². The van der Waals surface area contributed by atoms with Gasteiger partial charge in [-0.2, -0.15) is 0 Å². The van der Waals surface area contributed by atoms with Crippen LogP contribution in [0.3, 0.4) is 0 Å². The molecule has 3 amide bonds. The van der Waals surface area contributed by atoms with E-state index in [1.165, 1.54) is 0 Å². The summed E-state index contributed by atoms with van der Waals surface area (Å²) in [6.07, 6.45) is 1.12. The van der Waals surface area contributed by atoms with Crippen molar-refractivity contribution in [1.29, 1.82) is 0 Å². The van der Waals surface area contributed by atoms with Crippen molar-refractivity contribution in [2.45, 2.75) is 32.7 Å². The van der Waals surface area contributed by atoms with Crippen LogP contribution >= 0.6 is 0 Å². The molecule has 1 atom stereocenters. The molecule has 1 saturated heterocycles. The molecule has 7 heteroatoms. The fourth-order valence-corrected chi connectivity index (χ4v) is 3.84. The van der Waals surface area contributed by atoms with Gasteiger partial charge in [0.15, 0.2) is 0 Å². The second-order valence-corrected chi connectivity index (χ2v) is 8.16. The molecule has 1 aliphatic heterocycles. The maximum absolute atomic E-state index is 12.6. The number of hydrogen-bond acceptors (Lipinski definition) is 4. The van der Waals surface area contributed by atoms with Crippen LogP contribution < -0.4 is 10.6 Å². The molecule has 0 saturated carbocycles. The molecule has 1 unspecified atom stereocenters. The van der Waals surface area contributed by atoms with Crippen molar-refractivity contribution in [2.75, 3.05) is 38.0 Å². The van der Waals surface area contributed by atoms with E-state index in [0.29, 0.717) is 38.3 Å². The number of amides is 3. The molecule has 0 spiro atoms. The van der Waals surface area contributed by atoms with E-state index in [1.807, 2.05) is 54.3 Å². The average Bonchev–Trinajstić information content (AvgIpc) is 2.80. The van der Waals surface area contributed by atoms with Crippen LogP contribution in [-0.2, 0) is 16.0 Å². The highest BCUT2D eigenvalue weighted by Crippen LogP contribution is 2.15. The summed E-state index contributed by atoms with van der Waals surface area (Å²) in [5.41, 5.74) is 2.56. The quantitative estimate of drug-likeness (QED) is 0.666. The molecule has 1 heterocycles. The minimum absolute atomic E-state index is 0.0202. The van der Waals surface area contributed by atoms with Crippen LogP contribution in [0.4, 0.5) is 5.69 Å². The highest BCUT2D eigenvalue weighted by Gasteiger charge is 2.24. The van der Waals surface area contributed by atoms with Crippen LogP contribution in [0.1, 0.15) is 36.2 Å². The Morgan fingerprint density at radius 2 is 1.59 bits per heavy atom. The van der Waals surface area contributed by atoms with E-state index < -0.39 is 0 Å². The molecular weight excluding hydrogens is 404 g/mol. The number of nitrogens with zero attached hydrogens (tertiary/aromatic N) is 2. The summed E-state index contributed by atoms with van der Waals surface area (Å²) in [6.45, 7) is 6.68. The topological polar surface area (TPSA) is 81.8 Å². The SMILES string of the molecule is CCc1ccccc1NC(=O)CN1CCN(C(=O)CC(C)NC(=O)c2ccccc2)CC1. The van der Waals surface area contributed by atoms with Crippen LogP contribution in [-0.4, -0.2) is 66.3 Å². The molecule has 2 N–H and O–H groups in total. The van der Waals surface area contributed by atoms with Gasteiger partial charge in [-0.15, -0.1) is 0 Å². The Bertz CT molecular complexity index is 924. The first kappa shape index (κ1) is 23.5. The van der Waals surface area contributed by atoms with E-state index >= 15 is 0 Å². The lowest BCUT2D eigenvalue weighted by molar-refractivity contribution is -0.133. The number of rotatable bonds is 8. The number of carbonyl (C=O) groups excluding carboxylic acids is 3. The molecule has 0 aliphatic carbocycles. The molecule has 0 aromatic heterocycles. The Hall–Kier alpha value is -3.19. The van der Waals surface area contributed by atoms with Crippen molar-refractivity contribution >= 4 is 23.4 Å². The molecule has 7 nitrogen and oxygen atoms in total. The minimum Gasteiger partial charge on any atom is -0.349 e. The second kappa shape index (κ2) is 11.4. The summed E-state index contributed by atoms with van der Waals surface area (Å²) >= 11 is 0. The highest BCUT2D eigenvalue weighted by atomic mass is 16.2. The number of para-hydroxylation sites is 1. The van der Waals surface area contributed by atoms with Gasteiger partial charge in [-0.1, -0.05) is 43.3 Å². The number of piperazine rings is 1. The van der Waals surface area contributed by atoms with Gasteiger partial charge in [0.2, 0.25) is 11.8 Å². The first-order valence-electron chi connectivity index (χ1n) is 11.2. The Morgan fingerprint density at radius 1 is 0.938 bits per heavy atom. The summed E-state index contributed by atoms with van der Waals surface area (Å²) in [5, 5.41) is 5.88. The number of anilines is 1. The van der Waals surface area contributed by atoms with E-state index in [9.17, 15) is 14.4 Å². The fraction of sp³-hybridized carbons (Fsp3) is 0.400. The smallest absolute Gasteiger partial charge is 0.251 e. The molecule has 3 rings (SSSR count). The lowest BCUT2D eigenvalue weighted by Crippen LogP contribution is -2.51. The van der Waals surface area contributed by atoms with E-state index in [0.717, 1.165) is 17.7 Å². The lowest BCUT2D eigenvalue weighted by Gasteiger charge is -2.35. The Balaban J connectivity index is 1.40. The molecule has 0 bridgehead atoms. The molecular formula is C25H32N4O3. The maximum Gasteiger partial charge on any atom is 0.251 e. The van der Waals surface area contributed by atoms with Crippen molar-refractivity contribution in [3.8, 4) is 0 Å². The van der Waals surface area contributed by atoms with Crippen LogP contribution in [0.5, 0.6) is 0 Å². The van der Waals surface area contributed by atoms with Gasteiger partial charge < -0.3 is 15.5 Å². The zero-order chi connectivity index (χ0) is 22.9. The molecule has 1 aliphatic rings. The maximum atomic E-state index is 12.6. The summed E-state index contributed by atoms with van der Waals surface area (Å²) in [7, 11) is 0. The van der Waals surface area contributed by atoms with E-state index in [2.05, 4.69) is 22.5 Å². The van der Waals surface area contributed by atoms with Crippen molar-refractivity contribution in [1.82, 2.24) is 15.1 Å². The monoisotopic (exact) mass is 436 g/mol. The predicted octanol–water partition coefficient (Wildman–Crippen LogP) is 2.54. The van der Waals surface area contributed by atoms with Gasteiger partial charge in [-0.05, 0) is 37.1 Å². The first-order valence-corrected chi connectivity index (χ1v) is 11.2. The number of benzene rings is 2. The molecule has 2 aromatic carbocycles. The normalized spacial score (nSPS) is 15.1. The predicted molar refractivity (Wildman–Crippen MR) is 125 cm³/mol.